The van der Waals surface area contributed by atoms with Gasteiger partial charge in [-0.05, 0) is 68.4 Å². The van der Waals surface area contributed by atoms with E-state index in [0.717, 1.165) is 9.87 Å². The molecule has 0 atom stereocenters. The van der Waals surface area contributed by atoms with E-state index in [0.29, 0.717) is 23.9 Å². The molecule has 3 rings (SSSR count). The van der Waals surface area contributed by atoms with Crippen molar-refractivity contribution in [2.75, 3.05) is 25.1 Å². The Morgan fingerprint density at radius 1 is 0.875 bits per heavy atom. The zero-order valence-electron chi connectivity index (χ0n) is 18.4. The fourth-order valence-electron chi connectivity index (χ4n) is 3.11. The number of sulfonamides is 1. The van der Waals surface area contributed by atoms with Crippen LogP contribution in [0.4, 0.5) is 5.69 Å². The minimum atomic E-state index is -4.21. The molecule has 0 fully saturated rings. The third-order valence-corrected chi connectivity index (χ3v) is 6.48. The van der Waals surface area contributed by atoms with Crippen molar-refractivity contribution in [2.24, 2.45) is 0 Å². The van der Waals surface area contributed by atoms with Gasteiger partial charge < -0.3 is 14.2 Å². The number of nitrogens with zero attached hydrogens (tertiary/aromatic N) is 1. The summed E-state index contributed by atoms with van der Waals surface area (Å²) in [6, 6.07) is 17.2. The lowest BCUT2D eigenvalue weighted by molar-refractivity contribution is 0.100. The van der Waals surface area contributed by atoms with E-state index in [1.165, 1.54) is 50.6 Å². The molecule has 168 valence electrons. The topological polar surface area (TPSA) is 82.1 Å². The largest absolute Gasteiger partial charge is 0.494 e. The second kappa shape index (κ2) is 9.74. The molecule has 8 heteroatoms. The van der Waals surface area contributed by atoms with Crippen molar-refractivity contribution >= 4 is 21.6 Å². The van der Waals surface area contributed by atoms with E-state index >= 15 is 0 Å². The quantitative estimate of drug-likeness (QED) is 0.499. The van der Waals surface area contributed by atoms with Crippen LogP contribution in [-0.4, -0.2) is 35.2 Å². The summed E-state index contributed by atoms with van der Waals surface area (Å²) in [5.74, 6) is 0.592. The Hall–Kier alpha value is -3.52. The molecule has 32 heavy (non-hydrogen) atoms. The van der Waals surface area contributed by atoms with Crippen LogP contribution >= 0.6 is 0 Å². The molecule has 0 heterocycles. The van der Waals surface area contributed by atoms with Crippen molar-refractivity contribution < 1.29 is 27.4 Å². The second-order valence-corrected chi connectivity index (χ2v) is 8.67. The minimum Gasteiger partial charge on any atom is -0.494 e. The smallest absolute Gasteiger partial charge is 0.272 e. The van der Waals surface area contributed by atoms with Crippen molar-refractivity contribution in [3.05, 3.63) is 77.9 Å². The van der Waals surface area contributed by atoms with Crippen LogP contribution in [0.15, 0.2) is 71.6 Å². The molecule has 0 spiro atoms. The van der Waals surface area contributed by atoms with Crippen molar-refractivity contribution in [3.63, 3.8) is 0 Å². The van der Waals surface area contributed by atoms with Crippen molar-refractivity contribution in [2.45, 2.75) is 18.7 Å². The highest BCUT2D eigenvalue weighted by molar-refractivity contribution is 7.93. The van der Waals surface area contributed by atoms with Gasteiger partial charge in [-0.15, -0.1) is 0 Å². The summed E-state index contributed by atoms with van der Waals surface area (Å²) in [7, 11) is -1.28. The molecular weight excluding hydrogens is 430 g/mol. The molecule has 0 saturated carbocycles. The van der Waals surface area contributed by atoms with Crippen LogP contribution in [0.25, 0.3) is 0 Å². The highest BCUT2D eigenvalue weighted by Crippen LogP contribution is 2.32. The van der Waals surface area contributed by atoms with Crippen LogP contribution in [0.5, 0.6) is 17.2 Å². The van der Waals surface area contributed by atoms with E-state index in [1.807, 2.05) is 13.8 Å². The fraction of sp³-hybridized carbons (Fsp3) is 0.208. The zero-order valence-corrected chi connectivity index (χ0v) is 19.2. The highest BCUT2D eigenvalue weighted by Gasteiger charge is 2.32. The molecule has 0 bridgehead atoms. The molecule has 7 nitrogen and oxygen atoms in total. The van der Waals surface area contributed by atoms with Gasteiger partial charge >= 0.3 is 0 Å². The lowest BCUT2D eigenvalue weighted by Crippen LogP contribution is -2.37. The molecule has 0 aliphatic heterocycles. The Kier molecular flexibility index (Phi) is 7.05. The molecule has 1 amide bonds. The lowest BCUT2D eigenvalue weighted by Gasteiger charge is -2.23. The second-order valence-electron chi connectivity index (χ2n) is 6.88. The Morgan fingerprint density at radius 2 is 1.50 bits per heavy atom. The number of aryl methyl sites for hydroxylation is 1. The van der Waals surface area contributed by atoms with E-state index in [9.17, 15) is 13.2 Å². The number of ether oxygens (including phenoxy) is 3. The maximum atomic E-state index is 13.6. The first kappa shape index (κ1) is 23.1. The van der Waals surface area contributed by atoms with Gasteiger partial charge in [0.1, 0.15) is 5.75 Å². The van der Waals surface area contributed by atoms with Gasteiger partial charge in [0.05, 0.1) is 31.4 Å². The van der Waals surface area contributed by atoms with Crippen LogP contribution in [0.1, 0.15) is 22.8 Å². The molecule has 0 saturated heterocycles. The summed E-state index contributed by atoms with van der Waals surface area (Å²) in [6.07, 6.45) is 0. The molecule has 0 aromatic heterocycles. The summed E-state index contributed by atoms with van der Waals surface area (Å²) < 4.78 is 43.9. The monoisotopic (exact) mass is 455 g/mol. The first-order chi connectivity index (χ1) is 15.3. The van der Waals surface area contributed by atoms with Crippen LogP contribution in [0, 0.1) is 6.92 Å². The zero-order chi connectivity index (χ0) is 23.3. The van der Waals surface area contributed by atoms with Gasteiger partial charge in [-0.1, -0.05) is 17.7 Å². The van der Waals surface area contributed by atoms with Gasteiger partial charge in [0.25, 0.3) is 15.9 Å². The first-order valence-corrected chi connectivity index (χ1v) is 11.4. The minimum absolute atomic E-state index is 0.00538. The number of anilines is 1. The van der Waals surface area contributed by atoms with E-state index < -0.39 is 15.9 Å². The molecule has 0 aliphatic rings. The van der Waals surface area contributed by atoms with Gasteiger partial charge in [-0.2, -0.15) is 4.31 Å². The number of rotatable bonds is 8. The first-order valence-electron chi connectivity index (χ1n) is 9.93. The molecule has 0 radical (unpaired) electrons. The van der Waals surface area contributed by atoms with Crippen molar-refractivity contribution in [1.82, 2.24) is 0 Å². The Bertz CT molecular complexity index is 1190. The van der Waals surface area contributed by atoms with Crippen LogP contribution in [0.2, 0.25) is 0 Å². The molecule has 0 aliphatic carbocycles. The lowest BCUT2D eigenvalue weighted by atomic mass is 10.2. The van der Waals surface area contributed by atoms with Gasteiger partial charge in [0, 0.05) is 5.56 Å². The number of methoxy groups -OCH3 is 2. The number of amides is 1. The van der Waals surface area contributed by atoms with Crippen molar-refractivity contribution in [1.29, 1.82) is 0 Å². The standard InChI is InChI=1S/C24H25NO6S/c1-5-31-20-11-9-19(10-12-20)25(32(27,28)21-13-6-17(2)7-14-21)24(26)18-8-15-22(29-3)23(16-18)30-4/h6-16H,5H2,1-4H3. The number of hydrogen-bond acceptors (Lipinski definition) is 6. The average molecular weight is 456 g/mol. The van der Waals surface area contributed by atoms with E-state index in [4.69, 9.17) is 14.2 Å². The van der Waals surface area contributed by atoms with Gasteiger partial charge in [0.15, 0.2) is 11.5 Å². The Balaban J connectivity index is 2.13. The predicted octanol–water partition coefficient (Wildman–Crippen LogP) is 4.45. The average Bonchev–Trinajstić information content (AvgIpc) is 2.80. The van der Waals surface area contributed by atoms with E-state index in [1.54, 1.807) is 30.3 Å². The molecule has 3 aromatic carbocycles. The molecule has 0 N–H and O–H groups in total. The summed E-state index contributed by atoms with van der Waals surface area (Å²) in [5.41, 5.74) is 1.23. The third kappa shape index (κ3) is 4.70. The summed E-state index contributed by atoms with van der Waals surface area (Å²) in [5, 5.41) is 0. The Labute approximate surface area is 188 Å². The Morgan fingerprint density at radius 3 is 2.06 bits per heavy atom. The maximum Gasteiger partial charge on any atom is 0.272 e. The number of carbonyl (C=O) groups excluding carboxylic acids is 1. The molecule has 0 unspecified atom stereocenters. The maximum absolute atomic E-state index is 13.6. The van der Waals surface area contributed by atoms with E-state index in [2.05, 4.69) is 0 Å². The van der Waals surface area contributed by atoms with Crippen LogP contribution < -0.4 is 18.5 Å². The van der Waals surface area contributed by atoms with E-state index in [-0.39, 0.29) is 16.1 Å². The highest BCUT2D eigenvalue weighted by atomic mass is 32.2. The van der Waals surface area contributed by atoms with Gasteiger partial charge in [-0.25, -0.2) is 8.42 Å². The SMILES string of the molecule is CCOc1ccc(N(C(=O)c2ccc(OC)c(OC)c2)S(=O)(=O)c2ccc(C)cc2)cc1. The van der Waals surface area contributed by atoms with Gasteiger partial charge in [-0.3, -0.25) is 4.79 Å². The normalized spacial score (nSPS) is 11.0. The summed E-state index contributed by atoms with van der Waals surface area (Å²) in [6.45, 7) is 4.17. The van der Waals surface area contributed by atoms with Gasteiger partial charge in [0.2, 0.25) is 0 Å². The predicted molar refractivity (Wildman–Crippen MR) is 122 cm³/mol. The van der Waals surface area contributed by atoms with Crippen LogP contribution in [-0.2, 0) is 10.0 Å². The molecule has 3 aromatic rings. The summed E-state index contributed by atoms with van der Waals surface area (Å²) >= 11 is 0. The number of hydrogen-bond donors (Lipinski definition) is 0. The molecular formula is C24H25NO6S. The summed E-state index contributed by atoms with van der Waals surface area (Å²) in [4.78, 5) is 13.5. The number of carbonyl (C=O) groups is 1. The number of benzene rings is 3. The van der Waals surface area contributed by atoms with Crippen molar-refractivity contribution in [3.8, 4) is 17.2 Å². The third-order valence-electron chi connectivity index (χ3n) is 4.76. The fourth-order valence-corrected chi connectivity index (χ4v) is 4.53. The van der Waals surface area contributed by atoms with Crippen LogP contribution in [0.3, 0.4) is 0 Å².